The molecular weight excluding hydrogens is 296 g/mol. The van der Waals surface area contributed by atoms with Gasteiger partial charge in [0.2, 0.25) is 0 Å². The average Bonchev–Trinajstić information content (AvgIpc) is 2.87. The van der Waals surface area contributed by atoms with Gasteiger partial charge in [0.25, 0.3) is 0 Å². The van der Waals surface area contributed by atoms with Gasteiger partial charge < -0.3 is 4.74 Å². The fourth-order valence-corrected chi connectivity index (χ4v) is 7.03. The maximum atomic E-state index is 12.1. The zero-order valence-corrected chi connectivity index (χ0v) is 14.7. The maximum Gasteiger partial charge on any atom is 0.306 e. The van der Waals surface area contributed by atoms with Crippen LogP contribution < -0.4 is 0 Å². The molecule has 2 saturated carbocycles. The molecule has 3 aliphatic carbocycles. The van der Waals surface area contributed by atoms with E-state index < -0.39 is 0 Å². The first-order valence-corrected chi connectivity index (χ1v) is 9.93. The molecule has 2 heteroatoms. The van der Waals surface area contributed by atoms with Crippen LogP contribution in [0.4, 0.5) is 0 Å². The first-order valence-electron chi connectivity index (χ1n) is 9.93. The van der Waals surface area contributed by atoms with E-state index in [9.17, 15) is 4.79 Å². The minimum absolute atomic E-state index is 0.0549. The van der Waals surface area contributed by atoms with Gasteiger partial charge in [0.05, 0.1) is 0 Å². The standard InChI is InChI=1S/C22H28O2/c1-21-13-10-17-16-6-3-2-5-15(16)8-9-18(17)19(21)11-14-22(21)12-4-7-20(23)24-22/h2-3,5-6,17-19H,4,7-14H2,1H3/t17?,18?,19?,21-,22-/m0/s1. The number of fused-ring (bicyclic) bond motifs is 6. The van der Waals surface area contributed by atoms with Gasteiger partial charge >= 0.3 is 5.97 Å². The maximum absolute atomic E-state index is 12.1. The molecule has 0 radical (unpaired) electrons. The number of benzene rings is 1. The van der Waals surface area contributed by atoms with E-state index >= 15 is 0 Å². The number of hydrogen-bond acceptors (Lipinski definition) is 2. The smallest absolute Gasteiger partial charge is 0.306 e. The lowest BCUT2D eigenvalue weighted by Crippen LogP contribution is -2.54. The molecule has 3 fully saturated rings. The van der Waals surface area contributed by atoms with Crippen molar-refractivity contribution in [2.24, 2.45) is 17.3 Å². The molecule has 4 aliphatic rings. The van der Waals surface area contributed by atoms with Crippen LogP contribution in [0.25, 0.3) is 0 Å². The van der Waals surface area contributed by atoms with E-state index in [1.807, 2.05) is 0 Å². The van der Waals surface area contributed by atoms with E-state index in [1.165, 1.54) is 32.1 Å². The lowest BCUT2D eigenvalue weighted by molar-refractivity contribution is -0.190. The Balaban J connectivity index is 1.50. The lowest BCUT2D eigenvalue weighted by Gasteiger charge is -2.55. The highest BCUT2D eigenvalue weighted by atomic mass is 16.6. The molecule has 5 atom stereocenters. The third-order valence-electron chi connectivity index (χ3n) is 8.20. The van der Waals surface area contributed by atoms with Crippen molar-refractivity contribution in [2.45, 2.75) is 76.2 Å². The van der Waals surface area contributed by atoms with Crippen LogP contribution in [0, 0.1) is 17.3 Å². The van der Waals surface area contributed by atoms with Crippen LogP contribution in [-0.2, 0) is 16.0 Å². The Labute approximate surface area is 145 Å². The SMILES string of the molecule is C[C@]12CCC3c4ccccc4CCC3C1CC[C@@]21CCCC(=O)O1. The topological polar surface area (TPSA) is 26.3 Å². The molecule has 24 heavy (non-hydrogen) atoms. The van der Waals surface area contributed by atoms with E-state index in [0.717, 1.165) is 37.0 Å². The lowest BCUT2D eigenvalue weighted by atomic mass is 9.52. The van der Waals surface area contributed by atoms with Crippen molar-refractivity contribution in [3.05, 3.63) is 35.4 Å². The summed E-state index contributed by atoms with van der Waals surface area (Å²) in [6.07, 6.45) is 10.2. The molecule has 5 rings (SSSR count). The van der Waals surface area contributed by atoms with Crippen molar-refractivity contribution in [2.75, 3.05) is 0 Å². The molecule has 128 valence electrons. The zero-order chi connectivity index (χ0) is 16.4. The fourth-order valence-electron chi connectivity index (χ4n) is 7.03. The van der Waals surface area contributed by atoms with Gasteiger partial charge in [-0.25, -0.2) is 0 Å². The number of carbonyl (C=O) groups is 1. The molecule has 0 N–H and O–H groups in total. The van der Waals surface area contributed by atoms with Crippen LogP contribution in [0.1, 0.15) is 75.3 Å². The number of carbonyl (C=O) groups excluding carboxylic acids is 1. The predicted molar refractivity (Wildman–Crippen MR) is 93.7 cm³/mol. The van der Waals surface area contributed by atoms with Gasteiger partial charge in [0.1, 0.15) is 5.60 Å². The minimum atomic E-state index is -0.144. The van der Waals surface area contributed by atoms with Crippen molar-refractivity contribution >= 4 is 5.97 Å². The molecule has 1 aromatic carbocycles. The molecular formula is C22H28O2. The number of aryl methyl sites for hydroxylation is 1. The normalized spacial score (nSPS) is 43.7. The van der Waals surface area contributed by atoms with Gasteiger partial charge in [0, 0.05) is 11.8 Å². The number of ether oxygens (including phenoxy) is 1. The third-order valence-corrected chi connectivity index (χ3v) is 8.20. The summed E-state index contributed by atoms with van der Waals surface area (Å²) in [5.74, 6) is 2.32. The Hall–Kier alpha value is -1.31. The monoisotopic (exact) mass is 324 g/mol. The van der Waals surface area contributed by atoms with Crippen LogP contribution >= 0.6 is 0 Å². The summed E-state index contributed by atoms with van der Waals surface area (Å²) in [7, 11) is 0. The van der Waals surface area contributed by atoms with Crippen molar-refractivity contribution in [1.29, 1.82) is 0 Å². The van der Waals surface area contributed by atoms with Crippen molar-refractivity contribution in [3.63, 3.8) is 0 Å². The van der Waals surface area contributed by atoms with Crippen LogP contribution in [0.2, 0.25) is 0 Å². The highest BCUT2D eigenvalue weighted by molar-refractivity contribution is 5.71. The summed E-state index contributed by atoms with van der Waals surface area (Å²) in [4.78, 5) is 12.1. The predicted octanol–water partition coefficient (Wildman–Crippen LogP) is 5.01. The van der Waals surface area contributed by atoms with Crippen molar-refractivity contribution in [1.82, 2.24) is 0 Å². The second kappa shape index (κ2) is 5.09. The Morgan fingerprint density at radius 1 is 1.04 bits per heavy atom. The minimum Gasteiger partial charge on any atom is -0.458 e. The molecule has 1 saturated heterocycles. The second-order valence-corrected chi connectivity index (χ2v) is 8.93. The van der Waals surface area contributed by atoms with Crippen LogP contribution in [0.5, 0.6) is 0 Å². The van der Waals surface area contributed by atoms with Gasteiger partial charge in [-0.1, -0.05) is 31.2 Å². The summed E-state index contributed by atoms with van der Waals surface area (Å²) >= 11 is 0. The van der Waals surface area contributed by atoms with E-state index in [0.29, 0.717) is 6.42 Å². The van der Waals surface area contributed by atoms with E-state index in [1.54, 1.807) is 11.1 Å². The van der Waals surface area contributed by atoms with Gasteiger partial charge in [-0.15, -0.1) is 0 Å². The van der Waals surface area contributed by atoms with Crippen molar-refractivity contribution in [3.8, 4) is 0 Å². The molecule has 1 spiro atoms. The van der Waals surface area contributed by atoms with Gasteiger partial charge in [0.15, 0.2) is 0 Å². The molecule has 2 nitrogen and oxygen atoms in total. The molecule has 0 aromatic heterocycles. The number of esters is 1. The Morgan fingerprint density at radius 3 is 2.79 bits per heavy atom. The molecule has 1 heterocycles. The quantitative estimate of drug-likeness (QED) is 0.627. The average molecular weight is 324 g/mol. The highest BCUT2D eigenvalue weighted by Gasteiger charge is 2.64. The zero-order valence-electron chi connectivity index (χ0n) is 14.7. The Bertz CT molecular complexity index is 680. The largest absolute Gasteiger partial charge is 0.458 e. The molecule has 3 unspecified atom stereocenters. The van der Waals surface area contributed by atoms with Crippen LogP contribution in [0.15, 0.2) is 24.3 Å². The van der Waals surface area contributed by atoms with Crippen molar-refractivity contribution < 1.29 is 9.53 Å². The molecule has 0 bridgehead atoms. The highest BCUT2D eigenvalue weighted by Crippen LogP contribution is 2.66. The fraction of sp³-hybridized carbons (Fsp3) is 0.682. The summed E-state index contributed by atoms with van der Waals surface area (Å²) in [5, 5.41) is 0. The van der Waals surface area contributed by atoms with E-state index in [-0.39, 0.29) is 17.0 Å². The van der Waals surface area contributed by atoms with Crippen LogP contribution in [-0.4, -0.2) is 11.6 Å². The summed E-state index contributed by atoms with van der Waals surface area (Å²) < 4.78 is 6.12. The van der Waals surface area contributed by atoms with Crippen LogP contribution in [0.3, 0.4) is 0 Å². The second-order valence-electron chi connectivity index (χ2n) is 8.93. The summed E-state index contributed by atoms with van der Waals surface area (Å²) in [6, 6.07) is 9.12. The summed E-state index contributed by atoms with van der Waals surface area (Å²) in [5.41, 5.74) is 3.27. The van der Waals surface area contributed by atoms with Gasteiger partial charge in [-0.05, 0) is 80.2 Å². The van der Waals surface area contributed by atoms with E-state index in [2.05, 4.69) is 31.2 Å². The first-order chi connectivity index (χ1) is 11.6. The van der Waals surface area contributed by atoms with Gasteiger partial charge in [-0.2, -0.15) is 0 Å². The molecule has 0 amide bonds. The Morgan fingerprint density at radius 2 is 1.92 bits per heavy atom. The third kappa shape index (κ3) is 1.86. The number of hydrogen-bond donors (Lipinski definition) is 0. The first kappa shape index (κ1) is 15.0. The Kier molecular flexibility index (Phi) is 3.18. The summed E-state index contributed by atoms with van der Waals surface area (Å²) in [6.45, 7) is 2.46. The molecule has 1 aliphatic heterocycles. The van der Waals surface area contributed by atoms with Gasteiger partial charge in [-0.3, -0.25) is 4.79 Å². The number of rotatable bonds is 0. The molecule has 1 aromatic rings. The van der Waals surface area contributed by atoms with E-state index in [4.69, 9.17) is 4.74 Å².